The third-order valence-electron chi connectivity index (χ3n) is 7.41. The topological polar surface area (TPSA) is 83.1 Å². The largest absolute Gasteiger partial charge is 0.493 e. The molecule has 4 rings (SSSR count). The van der Waals surface area contributed by atoms with Crippen molar-refractivity contribution in [2.24, 2.45) is 0 Å². The van der Waals surface area contributed by atoms with Crippen LogP contribution in [-0.2, 0) is 10.2 Å². The molecule has 1 saturated heterocycles. The Morgan fingerprint density at radius 3 is 2.33 bits per heavy atom. The summed E-state index contributed by atoms with van der Waals surface area (Å²) in [6, 6.07) is 15.7. The number of thiocarbonyl (C=S) groups is 1. The van der Waals surface area contributed by atoms with Crippen molar-refractivity contribution >= 4 is 40.7 Å². The molecule has 0 amide bonds. The van der Waals surface area contributed by atoms with Crippen molar-refractivity contribution in [3.8, 4) is 11.5 Å². The first kappa shape index (κ1) is 30.8. The molecule has 1 saturated carbocycles. The standard InChI is InChI=1S/C25H33N3O2S2.C2HF3O2/c1-28-14-13-25(17-5-10-21(29-2)22(15-17)30-3)12-11-19(16-23(25)28)27-24(31)26-18-6-8-20(32-4)9-7-18;3-2(4,5)1(6)7/h5-10,15,19,23H,11-14,16H2,1-4H3,(H2,26,27,31);(H,6,7)/t19-,23+,25+;/m1./s1. The minimum Gasteiger partial charge on any atom is -0.493 e. The van der Waals surface area contributed by atoms with E-state index in [0.717, 1.165) is 43.0 Å². The number of halogens is 3. The smallest absolute Gasteiger partial charge is 0.490 e. The number of nitrogens with one attached hydrogen (secondary N) is 2. The second kappa shape index (κ2) is 13.1. The number of likely N-dealkylation sites (N-methyl/N-ethyl adjacent to an activating group) is 1. The Morgan fingerprint density at radius 1 is 1.13 bits per heavy atom. The third-order valence-corrected chi connectivity index (χ3v) is 8.37. The molecule has 1 aliphatic carbocycles. The van der Waals surface area contributed by atoms with E-state index in [1.165, 1.54) is 16.9 Å². The number of hydrogen-bond acceptors (Lipinski definition) is 6. The van der Waals surface area contributed by atoms with E-state index in [1.807, 2.05) is 6.07 Å². The molecule has 3 atom stereocenters. The Morgan fingerprint density at radius 2 is 1.77 bits per heavy atom. The van der Waals surface area contributed by atoms with Crippen molar-refractivity contribution in [2.75, 3.05) is 39.4 Å². The van der Waals surface area contributed by atoms with Gasteiger partial charge in [0, 0.05) is 28.1 Å². The van der Waals surface area contributed by atoms with Crippen LogP contribution in [0.15, 0.2) is 47.4 Å². The fraction of sp³-hybridized carbons (Fsp3) is 0.481. The lowest BCUT2D eigenvalue weighted by atomic mass is 9.65. The van der Waals surface area contributed by atoms with Gasteiger partial charge in [-0.2, -0.15) is 13.2 Å². The predicted molar refractivity (Wildman–Crippen MR) is 151 cm³/mol. The Balaban J connectivity index is 0.000000532. The molecule has 0 bridgehead atoms. The van der Waals surface area contributed by atoms with Crippen LogP contribution in [0.4, 0.5) is 18.9 Å². The number of nitrogens with zero attached hydrogens (tertiary/aromatic N) is 1. The first-order valence-corrected chi connectivity index (χ1v) is 14.0. The molecule has 3 N–H and O–H groups in total. The predicted octanol–water partition coefficient (Wildman–Crippen LogP) is 5.54. The van der Waals surface area contributed by atoms with Gasteiger partial charge in [-0.15, -0.1) is 11.8 Å². The molecule has 0 radical (unpaired) electrons. The lowest BCUT2D eigenvalue weighted by Gasteiger charge is -2.45. The van der Waals surface area contributed by atoms with E-state index in [0.29, 0.717) is 17.2 Å². The number of fused-ring (bicyclic) bond motifs is 1. The van der Waals surface area contributed by atoms with Crippen LogP contribution in [0.5, 0.6) is 11.5 Å². The number of anilines is 1. The number of ether oxygens (including phenoxy) is 2. The fourth-order valence-corrected chi connectivity index (χ4v) is 6.11. The van der Waals surface area contributed by atoms with E-state index in [9.17, 15) is 13.2 Å². The number of carboxylic acids is 1. The first-order valence-electron chi connectivity index (χ1n) is 12.4. The summed E-state index contributed by atoms with van der Waals surface area (Å²) in [5.74, 6) is -1.16. The van der Waals surface area contributed by atoms with Crippen molar-refractivity contribution < 1.29 is 32.5 Å². The number of hydrogen-bond donors (Lipinski definition) is 3. The molecule has 0 unspecified atom stereocenters. The summed E-state index contributed by atoms with van der Waals surface area (Å²) < 4.78 is 42.8. The molecule has 7 nitrogen and oxygen atoms in total. The Bertz CT molecular complexity index is 1150. The molecule has 0 spiro atoms. The quantitative estimate of drug-likeness (QED) is 0.299. The molecular formula is C27H34F3N3O4S2. The Hall–Kier alpha value is -2.70. The van der Waals surface area contributed by atoms with Gasteiger partial charge in [0.2, 0.25) is 0 Å². The van der Waals surface area contributed by atoms with Crippen LogP contribution < -0.4 is 20.1 Å². The van der Waals surface area contributed by atoms with Crippen LogP contribution in [0.1, 0.15) is 31.2 Å². The van der Waals surface area contributed by atoms with Crippen LogP contribution in [0, 0.1) is 0 Å². The molecule has 1 aliphatic heterocycles. The lowest BCUT2D eigenvalue weighted by Crippen LogP contribution is -2.52. The number of benzene rings is 2. The minimum absolute atomic E-state index is 0.148. The van der Waals surface area contributed by atoms with Gasteiger partial charge in [0.25, 0.3) is 0 Å². The van der Waals surface area contributed by atoms with Gasteiger partial charge >= 0.3 is 12.1 Å². The number of alkyl halides is 3. The number of methoxy groups -OCH3 is 2. The SMILES string of the molecule is COc1ccc([C@@]23CC[C@@H](NC(=S)Nc4ccc(SC)cc4)C[C@@H]2N(C)CC3)cc1OC.O=C(O)C(F)(F)F. The highest BCUT2D eigenvalue weighted by molar-refractivity contribution is 7.98. The summed E-state index contributed by atoms with van der Waals surface area (Å²) in [4.78, 5) is 12.7. The van der Waals surface area contributed by atoms with Gasteiger partial charge < -0.3 is 30.1 Å². The second-order valence-corrected chi connectivity index (χ2v) is 10.9. The summed E-state index contributed by atoms with van der Waals surface area (Å²) in [7, 11) is 5.65. The van der Waals surface area contributed by atoms with E-state index >= 15 is 0 Å². The van der Waals surface area contributed by atoms with E-state index in [4.69, 9.17) is 31.6 Å². The molecule has 2 aromatic carbocycles. The van der Waals surface area contributed by atoms with Gasteiger partial charge in [0.05, 0.1) is 14.2 Å². The zero-order valence-electron chi connectivity index (χ0n) is 22.3. The summed E-state index contributed by atoms with van der Waals surface area (Å²) in [5.41, 5.74) is 2.53. The average Bonchev–Trinajstić information content (AvgIpc) is 3.25. The molecule has 12 heteroatoms. The number of carbonyl (C=O) groups is 1. The van der Waals surface area contributed by atoms with Crippen molar-refractivity contribution in [1.29, 1.82) is 0 Å². The number of likely N-dealkylation sites (tertiary alicyclic amines) is 1. The maximum atomic E-state index is 10.6. The highest BCUT2D eigenvalue weighted by Crippen LogP contribution is 2.49. The van der Waals surface area contributed by atoms with Gasteiger partial charge in [0.15, 0.2) is 16.6 Å². The highest BCUT2D eigenvalue weighted by Gasteiger charge is 2.50. The van der Waals surface area contributed by atoms with E-state index < -0.39 is 12.1 Å². The maximum absolute atomic E-state index is 10.6. The zero-order chi connectivity index (χ0) is 28.8. The van der Waals surface area contributed by atoms with Crippen molar-refractivity contribution in [3.63, 3.8) is 0 Å². The summed E-state index contributed by atoms with van der Waals surface area (Å²) in [6.07, 6.45) is 1.45. The summed E-state index contributed by atoms with van der Waals surface area (Å²) >= 11 is 7.38. The third kappa shape index (κ3) is 7.49. The maximum Gasteiger partial charge on any atom is 0.490 e. The minimum atomic E-state index is -5.08. The van der Waals surface area contributed by atoms with Gasteiger partial charge in [0.1, 0.15) is 0 Å². The molecule has 214 valence electrons. The van der Waals surface area contributed by atoms with Gasteiger partial charge in [-0.3, -0.25) is 0 Å². The van der Waals surface area contributed by atoms with Crippen molar-refractivity contribution in [3.05, 3.63) is 48.0 Å². The molecule has 0 aromatic heterocycles. The molecule has 2 fully saturated rings. The molecule has 39 heavy (non-hydrogen) atoms. The van der Waals surface area contributed by atoms with Gasteiger partial charge in [-0.05, 0) is 99.7 Å². The number of aliphatic carboxylic acids is 1. The molecule has 1 heterocycles. The molecule has 2 aliphatic rings. The average molecular weight is 586 g/mol. The molecule has 2 aromatic rings. The Kier molecular flexibility index (Phi) is 10.4. The number of thioether (sulfide) groups is 1. The highest BCUT2D eigenvalue weighted by atomic mass is 32.2. The van der Waals surface area contributed by atoms with Gasteiger partial charge in [-0.25, -0.2) is 4.79 Å². The lowest BCUT2D eigenvalue weighted by molar-refractivity contribution is -0.192. The van der Waals surface area contributed by atoms with Crippen LogP contribution in [0.2, 0.25) is 0 Å². The second-order valence-electron chi connectivity index (χ2n) is 9.57. The molecular weight excluding hydrogens is 551 g/mol. The normalized spacial score (nSPS) is 22.6. The monoisotopic (exact) mass is 585 g/mol. The van der Waals surface area contributed by atoms with Crippen molar-refractivity contribution in [1.82, 2.24) is 10.2 Å². The van der Waals surface area contributed by atoms with E-state index in [2.05, 4.69) is 65.2 Å². The van der Waals surface area contributed by atoms with E-state index in [1.54, 1.807) is 26.0 Å². The van der Waals surface area contributed by atoms with E-state index in [-0.39, 0.29) is 5.41 Å². The van der Waals surface area contributed by atoms with Crippen LogP contribution in [0.3, 0.4) is 0 Å². The summed E-state index contributed by atoms with van der Waals surface area (Å²) in [6.45, 7) is 1.11. The van der Waals surface area contributed by atoms with Crippen molar-refractivity contribution in [2.45, 2.75) is 54.3 Å². The first-order chi connectivity index (χ1) is 18.4. The summed E-state index contributed by atoms with van der Waals surface area (Å²) in [5, 5.41) is 14.8. The zero-order valence-corrected chi connectivity index (χ0v) is 23.9. The van der Waals surface area contributed by atoms with Crippen LogP contribution in [-0.4, -0.2) is 73.4 Å². The van der Waals surface area contributed by atoms with Crippen LogP contribution >= 0.6 is 24.0 Å². The Labute approximate surface area is 236 Å². The number of rotatable bonds is 6. The van der Waals surface area contributed by atoms with Crippen LogP contribution in [0.25, 0.3) is 0 Å². The fourth-order valence-electron chi connectivity index (χ4n) is 5.42. The number of carboxylic acid groups (broad SMARTS) is 1. The van der Waals surface area contributed by atoms with Gasteiger partial charge in [-0.1, -0.05) is 6.07 Å².